The molecule has 1 nitrogen and oxygen atoms in total. The fourth-order valence-electron chi connectivity index (χ4n) is 1.36. The highest BCUT2D eigenvalue weighted by atomic mass is 16.3. The summed E-state index contributed by atoms with van der Waals surface area (Å²) in [5, 5.41) is 9.16. The molecule has 1 aliphatic carbocycles. The van der Waals surface area contributed by atoms with Crippen molar-refractivity contribution < 1.29 is 5.11 Å². The normalized spacial score (nSPS) is 38.2. The molecule has 47 valence electrons. The summed E-state index contributed by atoms with van der Waals surface area (Å²) >= 11 is 0. The van der Waals surface area contributed by atoms with Gasteiger partial charge >= 0.3 is 0 Å². The molecule has 0 aromatic heterocycles. The Labute approximate surface area is 50.7 Å². The fourth-order valence-corrected chi connectivity index (χ4v) is 1.36. The molecule has 1 N–H and O–H groups in total. The summed E-state index contributed by atoms with van der Waals surface area (Å²) in [6.07, 6.45) is 5.49. The second kappa shape index (κ2) is 2.49. The van der Waals surface area contributed by atoms with Crippen LogP contribution in [0.1, 0.15) is 26.2 Å². The summed E-state index contributed by atoms with van der Waals surface area (Å²) in [6, 6.07) is 0. The van der Waals surface area contributed by atoms with Crippen LogP contribution >= 0.6 is 0 Å². The van der Waals surface area contributed by atoms with Crippen LogP contribution in [0, 0.1) is 12.3 Å². The van der Waals surface area contributed by atoms with Gasteiger partial charge in [-0.3, -0.25) is 0 Å². The van der Waals surface area contributed by atoms with Crippen molar-refractivity contribution in [3.05, 3.63) is 6.42 Å². The van der Waals surface area contributed by atoms with E-state index < -0.39 is 0 Å². The van der Waals surface area contributed by atoms with Gasteiger partial charge in [-0.2, -0.15) is 0 Å². The maximum atomic E-state index is 9.16. The van der Waals surface area contributed by atoms with Gasteiger partial charge in [0, 0.05) is 0 Å². The highest BCUT2D eigenvalue weighted by Gasteiger charge is 2.22. The summed E-state index contributed by atoms with van der Waals surface area (Å²) in [5.41, 5.74) is 0. The van der Waals surface area contributed by atoms with Gasteiger partial charge in [-0.15, -0.1) is 0 Å². The second-order valence-corrected chi connectivity index (χ2v) is 2.50. The Morgan fingerprint density at radius 3 is 2.50 bits per heavy atom. The van der Waals surface area contributed by atoms with Crippen molar-refractivity contribution in [3.8, 4) is 0 Å². The zero-order valence-electron chi connectivity index (χ0n) is 5.30. The van der Waals surface area contributed by atoms with Crippen molar-refractivity contribution in [2.45, 2.75) is 32.3 Å². The zero-order chi connectivity index (χ0) is 5.98. The molecule has 0 amide bonds. The molecule has 0 aromatic carbocycles. The molecule has 1 radical (unpaired) electrons. The highest BCUT2D eigenvalue weighted by molar-refractivity contribution is 4.83. The monoisotopic (exact) mass is 113 g/mol. The highest BCUT2D eigenvalue weighted by Crippen LogP contribution is 2.26. The quantitative estimate of drug-likeness (QED) is 0.544. The molecule has 2 atom stereocenters. The number of rotatable bonds is 1. The zero-order valence-corrected chi connectivity index (χ0v) is 5.30. The Bertz CT molecular complexity index is 70.8. The van der Waals surface area contributed by atoms with Crippen molar-refractivity contribution in [1.29, 1.82) is 0 Å². The van der Waals surface area contributed by atoms with Crippen LogP contribution in [0.2, 0.25) is 0 Å². The topological polar surface area (TPSA) is 20.2 Å². The second-order valence-electron chi connectivity index (χ2n) is 2.50. The van der Waals surface area contributed by atoms with Gasteiger partial charge in [-0.05, 0) is 25.2 Å². The molecule has 1 heteroatoms. The van der Waals surface area contributed by atoms with E-state index in [2.05, 4.69) is 6.42 Å². The molecule has 1 rings (SSSR count). The summed E-state index contributed by atoms with van der Waals surface area (Å²) in [4.78, 5) is 0. The Morgan fingerprint density at radius 1 is 1.50 bits per heavy atom. The molecular formula is C7H13O. The van der Waals surface area contributed by atoms with Crippen LogP contribution in [0.4, 0.5) is 0 Å². The minimum Gasteiger partial charge on any atom is -0.393 e. The van der Waals surface area contributed by atoms with E-state index >= 15 is 0 Å². The molecule has 8 heavy (non-hydrogen) atoms. The molecule has 1 saturated carbocycles. The SMILES string of the molecule is C[CH]C1CCCC1O. The summed E-state index contributed by atoms with van der Waals surface area (Å²) in [6.45, 7) is 2.03. The molecular weight excluding hydrogens is 100 g/mol. The van der Waals surface area contributed by atoms with Crippen LogP contribution in [0.3, 0.4) is 0 Å². The average Bonchev–Trinajstić information content (AvgIpc) is 2.14. The number of hydrogen-bond donors (Lipinski definition) is 1. The van der Waals surface area contributed by atoms with Crippen LogP contribution < -0.4 is 0 Å². The van der Waals surface area contributed by atoms with Crippen LogP contribution in [-0.4, -0.2) is 11.2 Å². The number of aliphatic hydroxyl groups is 1. The third kappa shape index (κ3) is 1.03. The van der Waals surface area contributed by atoms with Gasteiger partial charge in [-0.1, -0.05) is 13.3 Å². The van der Waals surface area contributed by atoms with Gasteiger partial charge in [-0.25, -0.2) is 0 Å². The third-order valence-electron chi connectivity index (χ3n) is 1.96. The molecule has 0 heterocycles. The van der Waals surface area contributed by atoms with E-state index in [-0.39, 0.29) is 6.10 Å². The fraction of sp³-hybridized carbons (Fsp3) is 0.857. The molecule has 0 aliphatic heterocycles. The molecule has 0 aromatic rings. The predicted octanol–water partition coefficient (Wildman–Crippen LogP) is 1.37. The number of hydrogen-bond acceptors (Lipinski definition) is 1. The van der Waals surface area contributed by atoms with Gasteiger partial charge < -0.3 is 5.11 Å². The van der Waals surface area contributed by atoms with E-state index in [0.29, 0.717) is 5.92 Å². The van der Waals surface area contributed by atoms with Crippen LogP contribution in [0.15, 0.2) is 0 Å². The van der Waals surface area contributed by atoms with Gasteiger partial charge in [0.1, 0.15) is 0 Å². The van der Waals surface area contributed by atoms with E-state index in [9.17, 15) is 0 Å². The molecule has 1 fully saturated rings. The lowest BCUT2D eigenvalue weighted by atomic mass is 10.0. The van der Waals surface area contributed by atoms with E-state index in [0.717, 1.165) is 6.42 Å². The minimum absolute atomic E-state index is 0.0278. The first-order valence-electron chi connectivity index (χ1n) is 3.32. The van der Waals surface area contributed by atoms with Crippen molar-refractivity contribution in [2.75, 3.05) is 0 Å². The lowest BCUT2D eigenvalue weighted by Gasteiger charge is -2.08. The summed E-state index contributed by atoms with van der Waals surface area (Å²) in [7, 11) is 0. The van der Waals surface area contributed by atoms with Crippen LogP contribution in [0.25, 0.3) is 0 Å². The van der Waals surface area contributed by atoms with Crippen molar-refractivity contribution in [1.82, 2.24) is 0 Å². The lowest BCUT2D eigenvalue weighted by molar-refractivity contribution is 0.147. The molecule has 0 spiro atoms. The summed E-state index contributed by atoms with van der Waals surface area (Å²) < 4.78 is 0. The van der Waals surface area contributed by atoms with Gasteiger partial charge in [0.25, 0.3) is 0 Å². The first-order valence-corrected chi connectivity index (χ1v) is 3.32. The van der Waals surface area contributed by atoms with Gasteiger partial charge in [0.15, 0.2) is 0 Å². The average molecular weight is 113 g/mol. The van der Waals surface area contributed by atoms with Crippen molar-refractivity contribution in [3.63, 3.8) is 0 Å². The first-order chi connectivity index (χ1) is 3.84. The smallest absolute Gasteiger partial charge is 0.0571 e. The lowest BCUT2D eigenvalue weighted by Crippen LogP contribution is -2.11. The van der Waals surface area contributed by atoms with Gasteiger partial charge in [0.05, 0.1) is 6.10 Å². The Hall–Kier alpha value is -0.0400. The number of aliphatic hydroxyl groups excluding tert-OH is 1. The van der Waals surface area contributed by atoms with E-state index in [1.165, 1.54) is 12.8 Å². The molecule has 0 saturated heterocycles. The molecule has 2 unspecified atom stereocenters. The van der Waals surface area contributed by atoms with Gasteiger partial charge in [0.2, 0.25) is 0 Å². The Kier molecular flexibility index (Phi) is 1.90. The Morgan fingerprint density at radius 2 is 2.25 bits per heavy atom. The molecule has 1 aliphatic rings. The molecule has 0 bridgehead atoms. The summed E-state index contributed by atoms with van der Waals surface area (Å²) in [5.74, 6) is 0.495. The first kappa shape index (κ1) is 6.09. The van der Waals surface area contributed by atoms with E-state index in [4.69, 9.17) is 5.11 Å². The van der Waals surface area contributed by atoms with Crippen molar-refractivity contribution >= 4 is 0 Å². The largest absolute Gasteiger partial charge is 0.393 e. The maximum Gasteiger partial charge on any atom is 0.0571 e. The third-order valence-corrected chi connectivity index (χ3v) is 1.96. The van der Waals surface area contributed by atoms with E-state index in [1.54, 1.807) is 0 Å². The Balaban J connectivity index is 2.30. The van der Waals surface area contributed by atoms with Crippen LogP contribution in [0.5, 0.6) is 0 Å². The van der Waals surface area contributed by atoms with Crippen LogP contribution in [-0.2, 0) is 0 Å². The predicted molar refractivity (Wildman–Crippen MR) is 33.3 cm³/mol. The minimum atomic E-state index is -0.0278. The maximum absolute atomic E-state index is 9.16. The van der Waals surface area contributed by atoms with E-state index in [1.807, 2.05) is 6.92 Å². The van der Waals surface area contributed by atoms with Crippen molar-refractivity contribution in [2.24, 2.45) is 5.92 Å². The standard InChI is InChI=1S/C7H13O/c1-2-6-4-3-5-7(6)8/h2,6-8H,3-5H2,1H3.